The maximum atomic E-state index is 11.5. The smallest absolute Gasteiger partial charge is 0.294 e. The molecule has 6 rings (SSSR count). The van der Waals surface area contributed by atoms with Gasteiger partial charge in [-0.15, -0.1) is 21.6 Å². The highest BCUT2D eigenvalue weighted by Gasteiger charge is 2.13. The first kappa shape index (κ1) is 22.3. The van der Waals surface area contributed by atoms with E-state index < -0.39 is 10.1 Å². The summed E-state index contributed by atoms with van der Waals surface area (Å²) in [6.07, 6.45) is 1.66. The topological polar surface area (TPSA) is 118 Å². The van der Waals surface area contributed by atoms with Crippen LogP contribution in [0, 0.1) is 0 Å². The monoisotopic (exact) mass is 510 g/mol. The minimum Gasteiger partial charge on any atom is -0.397 e. The van der Waals surface area contributed by atoms with Gasteiger partial charge in [0.15, 0.2) is 0 Å². The molecule has 7 nitrogen and oxygen atoms in total. The predicted octanol–water partition coefficient (Wildman–Crippen LogP) is 7.51. The summed E-state index contributed by atoms with van der Waals surface area (Å²) in [5, 5.41) is 12.3. The van der Waals surface area contributed by atoms with Crippen LogP contribution in [-0.2, 0) is 10.1 Å². The molecule has 2 heterocycles. The molecule has 0 radical (unpaired) electrons. The third kappa shape index (κ3) is 3.89. The van der Waals surface area contributed by atoms with Gasteiger partial charge in [0, 0.05) is 31.1 Å². The average Bonchev–Trinajstić information content (AvgIpc) is 3.27. The standard InChI is InChI=1S/C27H18N4O3S2/c28-23-12-8-16-14-18(36(32,33)34)10-11-19(16)26(23)31-30-17-9-13-24(29-15-17)22-6-3-5-21-20-4-1-2-7-25(20)35-27(21)22/h1-15H,28H2,(H,32,33,34)/b31-30+. The lowest BCUT2D eigenvalue weighted by atomic mass is 10.1. The van der Waals surface area contributed by atoms with Gasteiger partial charge < -0.3 is 5.73 Å². The fourth-order valence-electron chi connectivity index (χ4n) is 4.24. The normalized spacial score (nSPS) is 12.2. The van der Waals surface area contributed by atoms with Crippen LogP contribution in [0.3, 0.4) is 0 Å². The average molecular weight is 511 g/mol. The van der Waals surface area contributed by atoms with Gasteiger partial charge in [-0.2, -0.15) is 8.42 Å². The second kappa shape index (κ2) is 8.49. The van der Waals surface area contributed by atoms with Crippen LogP contribution in [0.1, 0.15) is 0 Å². The maximum absolute atomic E-state index is 11.5. The second-order valence-corrected chi connectivity index (χ2v) is 10.7. The quantitative estimate of drug-likeness (QED) is 0.144. The summed E-state index contributed by atoms with van der Waals surface area (Å²) in [7, 11) is -4.31. The molecular formula is C27H18N4O3S2. The lowest BCUT2D eigenvalue weighted by molar-refractivity contribution is 0.483. The van der Waals surface area contributed by atoms with Gasteiger partial charge in [0.1, 0.15) is 11.4 Å². The minimum absolute atomic E-state index is 0.198. The highest BCUT2D eigenvalue weighted by molar-refractivity contribution is 7.85. The van der Waals surface area contributed by atoms with Gasteiger partial charge in [0.2, 0.25) is 0 Å². The number of nitrogens with zero attached hydrogens (tertiary/aromatic N) is 3. The number of benzene rings is 4. The van der Waals surface area contributed by atoms with Crippen LogP contribution in [0.4, 0.5) is 17.1 Å². The van der Waals surface area contributed by atoms with E-state index in [4.69, 9.17) is 5.73 Å². The molecule has 176 valence electrons. The Morgan fingerprint density at radius 1 is 0.833 bits per heavy atom. The number of rotatable bonds is 4. The van der Waals surface area contributed by atoms with E-state index in [1.54, 1.807) is 35.7 Å². The number of azo groups is 1. The van der Waals surface area contributed by atoms with E-state index in [1.807, 2.05) is 24.3 Å². The van der Waals surface area contributed by atoms with Gasteiger partial charge >= 0.3 is 0 Å². The summed E-state index contributed by atoms with van der Waals surface area (Å²) in [5.74, 6) is 0. The zero-order chi connectivity index (χ0) is 24.9. The Balaban J connectivity index is 1.35. The van der Waals surface area contributed by atoms with Gasteiger partial charge in [-0.05, 0) is 41.8 Å². The van der Waals surface area contributed by atoms with E-state index >= 15 is 0 Å². The van der Waals surface area contributed by atoms with Crippen molar-refractivity contribution in [2.24, 2.45) is 10.2 Å². The molecule has 2 aromatic heterocycles. The van der Waals surface area contributed by atoms with Gasteiger partial charge in [0.05, 0.1) is 22.5 Å². The van der Waals surface area contributed by atoms with E-state index in [-0.39, 0.29) is 4.90 Å². The Labute approximate surface area is 210 Å². The van der Waals surface area contributed by atoms with Crippen molar-refractivity contribution in [2.75, 3.05) is 5.73 Å². The third-order valence-corrected chi connectivity index (χ3v) is 8.05. The highest BCUT2D eigenvalue weighted by Crippen LogP contribution is 2.39. The Morgan fingerprint density at radius 2 is 1.67 bits per heavy atom. The van der Waals surface area contributed by atoms with Crippen molar-refractivity contribution in [1.82, 2.24) is 4.98 Å². The highest BCUT2D eigenvalue weighted by atomic mass is 32.2. The van der Waals surface area contributed by atoms with Crippen LogP contribution < -0.4 is 5.73 Å². The summed E-state index contributed by atoms with van der Waals surface area (Å²) in [4.78, 5) is 4.43. The summed E-state index contributed by atoms with van der Waals surface area (Å²) < 4.78 is 34.7. The summed E-state index contributed by atoms with van der Waals surface area (Å²) in [6.45, 7) is 0. The van der Waals surface area contributed by atoms with Crippen LogP contribution in [0.25, 0.3) is 42.2 Å². The number of fused-ring (bicyclic) bond motifs is 4. The molecule has 0 aliphatic heterocycles. The van der Waals surface area contributed by atoms with E-state index in [0.717, 1.165) is 11.3 Å². The van der Waals surface area contributed by atoms with Crippen LogP contribution in [-0.4, -0.2) is 18.0 Å². The van der Waals surface area contributed by atoms with Gasteiger partial charge in [0.25, 0.3) is 10.1 Å². The number of hydrogen-bond acceptors (Lipinski definition) is 7. The summed E-state index contributed by atoms with van der Waals surface area (Å²) in [6, 6.07) is 25.9. The van der Waals surface area contributed by atoms with Crippen LogP contribution >= 0.6 is 11.3 Å². The fourth-order valence-corrected chi connectivity index (χ4v) is 5.98. The number of nitrogen functional groups attached to an aromatic ring is 1. The molecule has 9 heteroatoms. The van der Waals surface area contributed by atoms with Crippen LogP contribution in [0.2, 0.25) is 0 Å². The van der Waals surface area contributed by atoms with Crippen LogP contribution in [0.15, 0.2) is 106 Å². The molecule has 6 aromatic rings. The van der Waals surface area contributed by atoms with Gasteiger partial charge in [-0.1, -0.05) is 48.5 Å². The lowest BCUT2D eigenvalue weighted by Crippen LogP contribution is -1.97. The number of anilines is 1. The number of hydrogen-bond donors (Lipinski definition) is 2. The van der Waals surface area contributed by atoms with E-state index in [1.165, 1.54) is 32.3 Å². The minimum atomic E-state index is -4.31. The Bertz CT molecular complexity index is 1930. The van der Waals surface area contributed by atoms with Gasteiger partial charge in [-0.25, -0.2) is 0 Å². The summed E-state index contributed by atoms with van der Waals surface area (Å²) >= 11 is 1.75. The van der Waals surface area contributed by atoms with E-state index in [2.05, 4.69) is 45.5 Å². The van der Waals surface area contributed by atoms with Crippen molar-refractivity contribution in [2.45, 2.75) is 4.90 Å². The largest absolute Gasteiger partial charge is 0.397 e. The molecule has 0 aliphatic rings. The molecule has 0 unspecified atom stereocenters. The van der Waals surface area contributed by atoms with Crippen molar-refractivity contribution in [3.8, 4) is 11.3 Å². The predicted molar refractivity (Wildman–Crippen MR) is 145 cm³/mol. The number of nitrogens with two attached hydrogens (primary N) is 1. The van der Waals surface area contributed by atoms with Crippen molar-refractivity contribution in [3.05, 3.63) is 91.1 Å². The maximum Gasteiger partial charge on any atom is 0.294 e. The molecule has 0 saturated heterocycles. The third-order valence-electron chi connectivity index (χ3n) is 5.99. The van der Waals surface area contributed by atoms with Crippen LogP contribution in [0.5, 0.6) is 0 Å². The lowest BCUT2D eigenvalue weighted by Gasteiger charge is -2.06. The van der Waals surface area contributed by atoms with Crippen molar-refractivity contribution in [3.63, 3.8) is 0 Å². The Kier molecular flexibility index (Phi) is 5.26. The summed E-state index contributed by atoms with van der Waals surface area (Å²) in [5.41, 5.74) is 9.38. The molecule has 4 aromatic carbocycles. The molecule has 0 spiro atoms. The molecule has 0 aliphatic carbocycles. The molecule has 0 fully saturated rings. The van der Waals surface area contributed by atoms with E-state index in [9.17, 15) is 13.0 Å². The molecule has 0 bridgehead atoms. The first-order valence-electron chi connectivity index (χ1n) is 11.0. The molecule has 0 amide bonds. The first-order chi connectivity index (χ1) is 17.4. The molecular weight excluding hydrogens is 492 g/mol. The molecule has 36 heavy (non-hydrogen) atoms. The van der Waals surface area contributed by atoms with Crippen molar-refractivity contribution in [1.29, 1.82) is 0 Å². The van der Waals surface area contributed by atoms with Gasteiger partial charge in [-0.3, -0.25) is 9.54 Å². The molecule has 0 saturated carbocycles. The van der Waals surface area contributed by atoms with E-state index in [0.29, 0.717) is 27.8 Å². The zero-order valence-electron chi connectivity index (χ0n) is 18.7. The fraction of sp³-hybridized carbons (Fsp3) is 0. The first-order valence-corrected chi connectivity index (χ1v) is 13.2. The molecule has 0 atom stereocenters. The number of aromatic nitrogens is 1. The van der Waals surface area contributed by atoms with Crippen molar-refractivity contribution >= 4 is 69.5 Å². The van der Waals surface area contributed by atoms with Crippen molar-refractivity contribution < 1.29 is 13.0 Å². The molecule has 3 N–H and O–H groups in total. The SMILES string of the molecule is Nc1ccc2cc(S(=O)(=O)O)ccc2c1/N=N/c1ccc(-c2cccc3c2sc2ccccc23)nc1. The zero-order valence-corrected chi connectivity index (χ0v) is 20.3. The number of pyridine rings is 1. The number of thiophene rings is 1. The second-order valence-electron chi connectivity index (χ2n) is 8.24. The Hall–Kier alpha value is -4.18. The Morgan fingerprint density at radius 3 is 2.47 bits per heavy atom.